The van der Waals surface area contributed by atoms with E-state index in [1.807, 2.05) is 6.92 Å². The highest BCUT2D eigenvalue weighted by Gasteiger charge is 2.57. The van der Waals surface area contributed by atoms with Crippen molar-refractivity contribution >= 4 is 35.1 Å². The Morgan fingerprint density at radius 2 is 2.00 bits per heavy atom. The summed E-state index contributed by atoms with van der Waals surface area (Å²) >= 11 is 6.05. The second-order valence-electron chi connectivity index (χ2n) is 5.29. The summed E-state index contributed by atoms with van der Waals surface area (Å²) in [4.78, 5) is 34.9. The van der Waals surface area contributed by atoms with Crippen molar-refractivity contribution in [3.8, 4) is 0 Å². The maximum atomic E-state index is 12.0. The maximum absolute atomic E-state index is 12.0. The molecule has 0 radical (unpaired) electrons. The molecule has 1 fully saturated rings. The third kappa shape index (κ3) is 3.22. The molecule has 1 saturated carbocycles. The minimum Gasteiger partial charge on any atom is -0.480 e. The summed E-state index contributed by atoms with van der Waals surface area (Å²) in [5, 5.41) is 14.5. The van der Waals surface area contributed by atoms with Crippen LogP contribution in [0.5, 0.6) is 0 Å². The van der Waals surface area contributed by atoms with Crippen molar-refractivity contribution in [3.63, 3.8) is 0 Å². The van der Waals surface area contributed by atoms with Crippen LogP contribution < -0.4 is 10.6 Å². The molecule has 2 rings (SSSR count). The Labute approximate surface area is 132 Å². The van der Waals surface area contributed by atoms with E-state index < -0.39 is 17.3 Å². The van der Waals surface area contributed by atoms with Gasteiger partial charge in [-0.3, -0.25) is 14.4 Å². The Bertz CT molecular complexity index is 626. The van der Waals surface area contributed by atoms with Gasteiger partial charge in [-0.15, -0.1) is 0 Å². The number of hydrogen-bond acceptors (Lipinski definition) is 3. The minimum atomic E-state index is -1.32. The molecule has 118 valence electrons. The largest absolute Gasteiger partial charge is 0.480 e. The summed E-state index contributed by atoms with van der Waals surface area (Å²) in [5.74, 6) is -1.96. The smallest absolute Gasteiger partial charge is 0.319 e. The van der Waals surface area contributed by atoms with E-state index >= 15 is 0 Å². The second kappa shape index (κ2) is 6.36. The first kappa shape index (κ1) is 16.3. The van der Waals surface area contributed by atoms with E-state index in [0.717, 1.165) is 6.42 Å². The molecule has 2 amide bonds. The van der Waals surface area contributed by atoms with Crippen molar-refractivity contribution in [2.75, 3.05) is 11.9 Å². The summed E-state index contributed by atoms with van der Waals surface area (Å²) in [6.07, 6.45) is 1.48. The third-order valence-corrected chi connectivity index (χ3v) is 3.91. The van der Waals surface area contributed by atoms with Gasteiger partial charge in [-0.2, -0.15) is 0 Å². The fourth-order valence-corrected chi connectivity index (χ4v) is 2.29. The van der Waals surface area contributed by atoms with Crippen LogP contribution in [0.4, 0.5) is 5.69 Å². The van der Waals surface area contributed by atoms with Crippen LogP contribution in [-0.4, -0.2) is 29.4 Å². The molecular weight excluding hydrogens is 308 g/mol. The minimum absolute atomic E-state index is 0.201. The zero-order valence-corrected chi connectivity index (χ0v) is 12.9. The van der Waals surface area contributed by atoms with Gasteiger partial charge in [0.05, 0.1) is 10.6 Å². The lowest BCUT2D eigenvalue weighted by molar-refractivity contribution is -0.147. The molecule has 0 saturated heterocycles. The highest BCUT2D eigenvalue weighted by Crippen LogP contribution is 2.46. The number of amides is 2. The number of halogens is 1. The Kier molecular flexibility index (Phi) is 4.71. The third-order valence-electron chi connectivity index (χ3n) is 3.60. The topological polar surface area (TPSA) is 95.5 Å². The molecule has 1 aromatic rings. The van der Waals surface area contributed by atoms with Crippen molar-refractivity contribution in [2.45, 2.75) is 26.2 Å². The highest BCUT2D eigenvalue weighted by molar-refractivity contribution is 6.34. The number of benzene rings is 1. The molecule has 7 heteroatoms. The number of carboxylic acid groups (broad SMARTS) is 1. The van der Waals surface area contributed by atoms with Gasteiger partial charge in [0.2, 0.25) is 5.91 Å². The SMILES string of the molecule is CCCNC(=O)c1ccc(NC(=O)C2(C(=O)O)CC2)cc1Cl. The molecule has 0 spiro atoms. The van der Waals surface area contributed by atoms with Crippen LogP contribution in [0.1, 0.15) is 36.5 Å². The molecule has 0 aliphatic heterocycles. The normalized spacial score (nSPS) is 15.0. The highest BCUT2D eigenvalue weighted by atomic mass is 35.5. The molecule has 3 N–H and O–H groups in total. The van der Waals surface area contributed by atoms with E-state index in [-0.39, 0.29) is 10.9 Å². The van der Waals surface area contributed by atoms with Crippen molar-refractivity contribution in [1.82, 2.24) is 5.32 Å². The van der Waals surface area contributed by atoms with Crippen molar-refractivity contribution in [3.05, 3.63) is 28.8 Å². The lowest BCUT2D eigenvalue weighted by Gasteiger charge is -2.12. The quantitative estimate of drug-likeness (QED) is 0.699. The van der Waals surface area contributed by atoms with Gasteiger partial charge in [-0.25, -0.2) is 0 Å². The van der Waals surface area contributed by atoms with Crippen LogP contribution in [0.25, 0.3) is 0 Å². The van der Waals surface area contributed by atoms with Crippen LogP contribution in [0, 0.1) is 5.41 Å². The fourth-order valence-electron chi connectivity index (χ4n) is 2.02. The van der Waals surface area contributed by atoms with E-state index in [1.54, 1.807) is 0 Å². The average molecular weight is 325 g/mol. The number of anilines is 1. The molecule has 0 atom stereocenters. The van der Waals surface area contributed by atoms with Gasteiger partial charge in [-0.05, 0) is 37.5 Å². The molecule has 1 aliphatic rings. The maximum Gasteiger partial charge on any atom is 0.319 e. The summed E-state index contributed by atoms with van der Waals surface area (Å²) in [5.41, 5.74) is -0.633. The number of aliphatic carboxylic acids is 1. The monoisotopic (exact) mass is 324 g/mol. The first-order valence-corrected chi connectivity index (χ1v) is 7.41. The second-order valence-corrected chi connectivity index (χ2v) is 5.70. The Morgan fingerprint density at radius 3 is 2.50 bits per heavy atom. The molecule has 1 aromatic carbocycles. The van der Waals surface area contributed by atoms with Gasteiger partial charge in [0.25, 0.3) is 5.91 Å². The lowest BCUT2D eigenvalue weighted by Crippen LogP contribution is -2.31. The standard InChI is InChI=1S/C15H17ClN2O4/c1-2-7-17-12(19)10-4-3-9(8-11(10)16)18-13(20)15(5-6-15)14(21)22/h3-4,8H,2,5-7H2,1H3,(H,17,19)(H,18,20)(H,21,22). The first-order valence-electron chi connectivity index (χ1n) is 7.03. The van der Waals surface area contributed by atoms with E-state index in [2.05, 4.69) is 10.6 Å². The number of carbonyl (C=O) groups excluding carboxylic acids is 2. The number of carbonyl (C=O) groups is 3. The predicted octanol–water partition coefficient (Wildman–Crippen LogP) is 2.28. The van der Waals surface area contributed by atoms with Crippen molar-refractivity contribution in [2.24, 2.45) is 5.41 Å². The number of nitrogens with one attached hydrogen (secondary N) is 2. The van der Waals surface area contributed by atoms with E-state index in [0.29, 0.717) is 30.6 Å². The summed E-state index contributed by atoms with van der Waals surface area (Å²) in [6.45, 7) is 2.49. The van der Waals surface area contributed by atoms with Crippen molar-refractivity contribution < 1.29 is 19.5 Å². The fraction of sp³-hybridized carbons (Fsp3) is 0.400. The first-order chi connectivity index (χ1) is 10.4. The number of hydrogen-bond donors (Lipinski definition) is 3. The van der Waals surface area contributed by atoms with Gasteiger partial charge in [0.15, 0.2) is 0 Å². The van der Waals surface area contributed by atoms with E-state index in [1.165, 1.54) is 18.2 Å². The summed E-state index contributed by atoms with van der Waals surface area (Å²) in [7, 11) is 0. The zero-order chi connectivity index (χ0) is 16.3. The lowest BCUT2D eigenvalue weighted by atomic mass is 10.1. The van der Waals surface area contributed by atoms with Gasteiger partial charge in [0.1, 0.15) is 5.41 Å². The van der Waals surface area contributed by atoms with Crippen LogP contribution in [0.15, 0.2) is 18.2 Å². The predicted molar refractivity (Wildman–Crippen MR) is 82.0 cm³/mol. The van der Waals surface area contributed by atoms with Crippen LogP contribution in [0.2, 0.25) is 5.02 Å². The molecular formula is C15H17ClN2O4. The average Bonchev–Trinajstić information content (AvgIpc) is 3.26. The van der Waals surface area contributed by atoms with Gasteiger partial charge < -0.3 is 15.7 Å². The van der Waals surface area contributed by atoms with Gasteiger partial charge >= 0.3 is 5.97 Å². The zero-order valence-electron chi connectivity index (χ0n) is 12.1. The summed E-state index contributed by atoms with van der Waals surface area (Å²) < 4.78 is 0. The summed E-state index contributed by atoms with van der Waals surface area (Å²) in [6, 6.07) is 4.48. The molecule has 1 aliphatic carbocycles. The molecule has 0 heterocycles. The number of carboxylic acids is 1. The van der Waals surface area contributed by atoms with Crippen LogP contribution in [0.3, 0.4) is 0 Å². The van der Waals surface area contributed by atoms with E-state index in [9.17, 15) is 14.4 Å². The Morgan fingerprint density at radius 1 is 1.32 bits per heavy atom. The molecule has 0 bridgehead atoms. The van der Waals surface area contributed by atoms with Gasteiger partial charge in [0, 0.05) is 12.2 Å². The van der Waals surface area contributed by atoms with Crippen LogP contribution >= 0.6 is 11.6 Å². The van der Waals surface area contributed by atoms with Crippen molar-refractivity contribution in [1.29, 1.82) is 0 Å². The number of rotatable bonds is 6. The molecule has 6 nitrogen and oxygen atoms in total. The Balaban J connectivity index is 2.08. The van der Waals surface area contributed by atoms with Gasteiger partial charge in [-0.1, -0.05) is 18.5 Å². The van der Waals surface area contributed by atoms with E-state index in [4.69, 9.17) is 16.7 Å². The molecule has 0 unspecified atom stereocenters. The van der Waals surface area contributed by atoms with Crippen LogP contribution in [-0.2, 0) is 9.59 Å². The molecule has 22 heavy (non-hydrogen) atoms. The molecule has 0 aromatic heterocycles. The Hall–Kier alpha value is -2.08.